The van der Waals surface area contributed by atoms with E-state index >= 15 is 0 Å². The standard InChI is InChI=1S/C8H9NO2.ClH/c10-8(11)7-4-3-6-2-1-5-9(6)7;/h1-2,5,7H,3-4H2,(H,10,11);1H. The van der Waals surface area contributed by atoms with Crippen molar-refractivity contribution < 1.29 is 9.90 Å². The topological polar surface area (TPSA) is 42.2 Å². The van der Waals surface area contributed by atoms with E-state index in [0.717, 1.165) is 18.5 Å². The minimum atomic E-state index is -0.722. The number of aromatic nitrogens is 1. The Morgan fingerprint density at radius 1 is 1.67 bits per heavy atom. The predicted octanol–water partition coefficient (Wildman–Crippen LogP) is 1.48. The maximum absolute atomic E-state index is 10.6. The molecule has 1 aliphatic heterocycles. The van der Waals surface area contributed by atoms with Crippen LogP contribution < -0.4 is 0 Å². The molecule has 4 heteroatoms. The molecule has 1 atom stereocenters. The molecule has 0 bridgehead atoms. The van der Waals surface area contributed by atoms with Crippen LogP contribution >= 0.6 is 12.4 Å². The largest absolute Gasteiger partial charge is 0.480 e. The van der Waals surface area contributed by atoms with E-state index in [1.165, 1.54) is 0 Å². The summed E-state index contributed by atoms with van der Waals surface area (Å²) in [5.41, 5.74) is 1.14. The fourth-order valence-electron chi connectivity index (χ4n) is 1.61. The number of aliphatic carboxylic acids is 1. The average Bonchev–Trinajstić information content (AvgIpc) is 2.41. The number of hydrogen-bond donors (Lipinski definition) is 1. The van der Waals surface area contributed by atoms with Crippen LogP contribution in [0.4, 0.5) is 0 Å². The maximum Gasteiger partial charge on any atom is 0.326 e. The molecule has 3 nitrogen and oxygen atoms in total. The van der Waals surface area contributed by atoms with E-state index in [4.69, 9.17) is 5.11 Å². The first kappa shape index (κ1) is 9.13. The number of carbonyl (C=O) groups is 1. The summed E-state index contributed by atoms with van der Waals surface area (Å²) in [4.78, 5) is 10.6. The van der Waals surface area contributed by atoms with E-state index < -0.39 is 5.97 Å². The highest BCUT2D eigenvalue weighted by atomic mass is 35.5. The number of hydrogen-bond acceptors (Lipinski definition) is 1. The monoisotopic (exact) mass is 187 g/mol. The van der Waals surface area contributed by atoms with Crippen molar-refractivity contribution in [3.8, 4) is 0 Å². The van der Waals surface area contributed by atoms with Crippen molar-refractivity contribution in [1.29, 1.82) is 0 Å². The number of rotatable bonds is 1. The van der Waals surface area contributed by atoms with Crippen LogP contribution in [0.3, 0.4) is 0 Å². The highest BCUT2D eigenvalue weighted by Crippen LogP contribution is 2.25. The van der Waals surface area contributed by atoms with Crippen molar-refractivity contribution in [1.82, 2.24) is 4.57 Å². The average molecular weight is 188 g/mol. The van der Waals surface area contributed by atoms with Gasteiger partial charge in [-0.15, -0.1) is 12.4 Å². The van der Waals surface area contributed by atoms with Gasteiger partial charge in [-0.1, -0.05) is 0 Å². The molecule has 1 unspecified atom stereocenters. The first-order valence-corrected chi connectivity index (χ1v) is 3.67. The van der Waals surface area contributed by atoms with Crippen molar-refractivity contribution >= 4 is 18.4 Å². The zero-order chi connectivity index (χ0) is 7.84. The number of halogens is 1. The van der Waals surface area contributed by atoms with E-state index in [1.54, 1.807) is 0 Å². The highest BCUT2D eigenvalue weighted by molar-refractivity contribution is 5.85. The molecule has 0 saturated heterocycles. The third kappa shape index (κ3) is 1.20. The van der Waals surface area contributed by atoms with Gasteiger partial charge < -0.3 is 9.67 Å². The Bertz CT molecular complexity index is 295. The molecule has 0 fully saturated rings. The summed E-state index contributed by atoms with van der Waals surface area (Å²) in [5.74, 6) is -0.722. The van der Waals surface area contributed by atoms with Crippen LogP contribution in [0.2, 0.25) is 0 Å². The molecule has 0 amide bonds. The second-order valence-electron chi connectivity index (χ2n) is 2.80. The first-order chi connectivity index (χ1) is 5.29. The van der Waals surface area contributed by atoms with Gasteiger partial charge >= 0.3 is 5.97 Å². The van der Waals surface area contributed by atoms with E-state index in [2.05, 4.69) is 0 Å². The van der Waals surface area contributed by atoms with Crippen LogP contribution in [-0.2, 0) is 11.2 Å². The van der Waals surface area contributed by atoms with Crippen molar-refractivity contribution in [2.24, 2.45) is 0 Å². The van der Waals surface area contributed by atoms with Crippen molar-refractivity contribution in [2.75, 3.05) is 0 Å². The molecule has 2 heterocycles. The van der Waals surface area contributed by atoms with Gasteiger partial charge in [0.15, 0.2) is 0 Å². The quantitative estimate of drug-likeness (QED) is 0.724. The maximum atomic E-state index is 10.6. The summed E-state index contributed by atoms with van der Waals surface area (Å²) in [7, 11) is 0. The third-order valence-corrected chi connectivity index (χ3v) is 2.16. The molecule has 1 aromatic rings. The zero-order valence-electron chi connectivity index (χ0n) is 6.43. The van der Waals surface area contributed by atoms with Gasteiger partial charge in [0.05, 0.1) is 0 Å². The minimum Gasteiger partial charge on any atom is -0.480 e. The molecule has 0 saturated carbocycles. The van der Waals surface area contributed by atoms with Gasteiger partial charge in [-0.05, 0) is 25.0 Å². The molecule has 66 valence electrons. The zero-order valence-corrected chi connectivity index (χ0v) is 7.25. The Morgan fingerprint density at radius 3 is 3.08 bits per heavy atom. The van der Waals surface area contributed by atoms with Crippen molar-refractivity contribution in [2.45, 2.75) is 18.9 Å². The van der Waals surface area contributed by atoms with E-state index in [0.29, 0.717) is 0 Å². The minimum absolute atomic E-state index is 0. The molecule has 12 heavy (non-hydrogen) atoms. The SMILES string of the molecule is Cl.O=C(O)C1CCc2cccn21. The van der Waals surface area contributed by atoms with Crippen LogP contribution in [0.1, 0.15) is 18.2 Å². The van der Waals surface area contributed by atoms with Crippen molar-refractivity contribution in [3.05, 3.63) is 24.0 Å². The molecule has 1 N–H and O–H groups in total. The fourth-order valence-corrected chi connectivity index (χ4v) is 1.61. The molecular formula is C8H10ClNO2. The van der Waals surface area contributed by atoms with Gasteiger partial charge in [0.1, 0.15) is 6.04 Å². The van der Waals surface area contributed by atoms with Gasteiger partial charge in [0.25, 0.3) is 0 Å². The molecule has 0 spiro atoms. The van der Waals surface area contributed by atoms with Gasteiger partial charge in [0, 0.05) is 11.9 Å². The van der Waals surface area contributed by atoms with E-state index in [9.17, 15) is 4.79 Å². The number of carboxylic acid groups (broad SMARTS) is 1. The van der Waals surface area contributed by atoms with E-state index in [-0.39, 0.29) is 18.4 Å². The van der Waals surface area contributed by atoms with Gasteiger partial charge in [-0.3, -0.25) is 0 Å². The molecule has 0 aliphatic carbocycles. The lowest BCUT2D eigenvalue weighted by molar-refractivity contribution is -0.140. The predicted molar refractivity (Wildman–Crippen MR) is 46.7 cm³/mol. The van der Waals surface area contributed by atoms with E-state index in [1.807, 2.05) is 22.9 Å². The molecule has 0 radical (unpaired) electrons. The first-order valence-electron chi connectivity index (χ1n) is 3.67. The summed E-state index contributed by atoms with van der Waals surface area (Å²) < 4.78 is 1.84. The number of fused-ring (bicyclic) bond motifs is 1. The lowest BCUT2D eigenvalue weighted by atomic mass is 10.2. The van der Waals surface area contributed by atoms with Gasteiger partial charge in [-0.2, -0.15) is 0 Å². The summed E-state index contributed by atoms with van der Waals surface area (Å²) in [6, 6.07) is 3.55. The molecule has 1 aliphatic rings. The molecular weight excluding hydrogens is 178 g/mol. The number of aryl methyl sites for hydroxylation is 1. The number of nitrogens with zero attached hydrogens (tertiary/aromatic N) is 1. The molecule has 2 rings (SSSR count). The Labute approximate surface area is 76.4 Å². The van der Waals surface area contributed by atoms with Gasteiger partial charge in [0.2, 0.25) is 0 Å². The Hall–Kier alpha value is -0.960. The Kier molecular flexibility index (Phi) is 2.43. The second kappa shape index (κ2) is 3.19. The summed E-state index contributed by atoms with van der Waals surface area (Å²) in [6.45, 7) is 0. The fraction of sp³-hybridized carbons (Fsp3) is 0.375. The van der Waals surface area contributed by atoms with Crippen LogP contribution in [0.25, 0.3) is 0 Å². The lowest BCUT2D eigenvalue weighted by Crippen LogP contribution is -2.13. The smallest absolute Gasteiger partial charge is 0.326 e. The van der Waals surface area contributed by atoms with Gasteiger partial charge in [-0.25, -0.2) is 4.79 Å². The third-order valence-electron chi connectivity index (χ3n) is 2.16. The Morgan fingerprint density at radius 2 is 2.42 bits per heavy atom. The van der Waals surface area contributed by atoms with Crippen molar-refractivity contribution in [3.63, 3.8) is 0 Å². The van der Waals surface area contributed by atoms with Crippen LogP contribution in [0.5, 0.6) is 0 Å². The van der Waals surface area contributed by atoms with Crippen LogP contribution in [-0.4, -0.2) is 15.6 Å². The summed E-state index contributed by atoms with van der Waals surface area (Å²) in [6.07, 6.45) is 3.47. The normalized spacial score (nSPS) is 19.8. The molecule has 1 aromatic heterocycles. The summed E-state index contributed by atoms with van der Waals surface area (Å²) in [5, 5.41) is 8.76. The number of carboxylic acids is 1. The summed E-state index contributed by atoms with van der Waals surface area (Å²) >= 11 is 0. The highest BCUT2D eigenvalue weighted by Gasteiger charge is 2.26. The molecule has 0 aromatic carbocycles. The lowest BCUT2D eigenvalue weighted by Gasteiger charge is -2.05. The van der Waals surface area contributed by atoms with Crippen LogP contribution in [0.15, 0.2) is 18.3 Å². The van der Waals surface area contributed by atoms with Crippen LogP contribution in [0, 0.1) is 0 Å². The Balaban J connectivity index is 0.000000720. The second-order valence-corrected chi connectivity index (χ2v) is 2.80.